The average Bonchev–Trinajstić information content (AvgIpc) is 2.48. The maximum atomic E-state index is 12.7. The van der Waals surface area contributed by atoms with E-state index in [1.807, 2.05) is 0 Å². The minimum atomic E-state index is -3.46. The first-order valence-electron chi connectivity index (χ1n) is 7.20. The van der Waals surface area contributed by atoms with Gasteiger partial charge < -0.3 is 10.6 Å². The molecule has 0 aliphatic carbocycles. The largest absolute Gasteiger partial charge is 0.326 e. The van der Waals surface area contributed by atoms with Crippen LogP contribution in [-0.4, -0.2) is 50.3 Å². The third kappa shape index (κ3) is 3.76. The number of hydrogen-bond acceptors (Lipinski definition) is 4. The third-order valence-electron chi connectivity index (χ3n) is 3.75. The van der Waals surface area contributed by atoms with Crippen LogP contribution in [0.15, 0.2) is 23.1 Å². The van der Waals surface area contributed by atoms with Gasteiger partial charge in [0.2, 0.25) is 10.0 Å². The van der Waals surface area contributed by atoms with E-state index in [9.17, 15) is 8.42 Å². The molecule has 0 unspecified atom stereocenters. The van der Waals surface area contributed by atoms with Crippen molar-refractivity contribution in [3.05, 3.63) is 28.8 Å². The van der Waals surface area contributed by atoms with Crippen LogP contribution in [0.1, 0.15) is 18.9 Å². The number of nitrogens with zero attached hydrogens (tertiary/aromatic N) is 2. The molecule has 7 heteroatoms. The maximum Gasteiger partial charge on any atom is 0.243 e. The number of piperazine rings is 1. The zero-order valence-electron chi connectivity index (χ0n) is 12.3. The van der Waals surface area contributed by atoms with E-state index in [0.29, 0.717) is 23.7 Å². The number of benzene rings is 1. The summed E-state index contributed by atoms with van der Waals surface area (Å²) in [7, 11) is -3.46. The van der Waals surface area contributed by atoms with E-state index in [2.05, 4.69) is 11.8 Å². The van der Waals surface area contributed by atoms with Crippen LogP contribution in [0.5, 0.6) is 0 Å². The fourth-order valence-corrected chi connectivity index (χ4v) is 4.19. The van der Waals surface area contributed by atoms with Crippen LogP contribution < -0.4 is 5.73 Å². The molecule has 118 valence electrons. The highest BCUT2D eigenvalue weighted by atomic mass is 35.5. The number of rotatable bonds is 5. The van der Waals surface area contributed by atoms with Gasteiger partial charge in [-0.3, -0.25) is 0 Å². The van der Waals surface area contributed by atoms with Crippen LogP contribution in [0, 0.1) is 0 Å². The van der Waals surface area contributed by atoms with Gasteiger partial charge in [0.25, 0.3) is 0 Å². The van der Waals surface area contributed by atoms with Crippen LogP contribution >= 0.6 is 11.6 Å². The molecule has 0 radical (unpaired) electrons. The van der Waals surface area contributed by atoms with Crippen molar-refractivity contribution < 1.29 is 8.42 Å². The number of hydrogen-bond donors (Lipinski definition) is 1. The predicted octanol–water partition coefficient (Wildman–Crippen LogP) is 1.52. The lowest BCUT2D eigenvalue weighted by Crippen LogP contribution is -2.48. The molecule has 1 fully saturated rings. The summed E-state index contributed by atoms with van der Waals surface area (Å²) in [6.07, 6.45) is 1.09. The summed E-state index contributed by atoms with van der Waals surface area (Å²) in [5.74, 6) is 0. The molecular weight excluding hydrogens is 310 g/mol. The Balaban J connectivity index is 2.15. The Morgan fingerprint density at radius 1 is 1.24 bits per heavy atom. The van der Waals surface area contributed by atoms with E-state index in [0.717, 1.165) is 26.1 Å². The highest BCUT2D eigenvalue weighted by molar-refractivity contribution is 7.89. The summed E-state index contributed by atoms with van der Waals surface area (Å²) in [6, 6.07) is 4.73. The van der Waals surface area contributed by atoms with E-state index in [1.54, 1.807) is 22.5 Å². The van der Waals surface area contributed by atoms with E-state index in [-0.39, 0.29) is 11.4 Å². The van der Waals surface area contributed by atoms with Gasteiger partial charge in [0.15, 0.2) is 0 Å². The predicted molar refractivity (Wildman–Crippen MR) is 84.8 cm³/mol. The summed E-state index contributed by atoms with van der Waals surface area (Å²) >= 11 is 5.99. The SMILES string of the molecule is CCCN1CCN(S(=O)(=O)c2ccc(Cl)c(CN)c2)CC1. The number of halogens is 1. The standard InChI is InChI=1S/C14H22ClN3O2S/c1-2-5-17-6-8-18(9-7-17)21(19,20)13-3-4-14(15)12(10-13)11-16/h3-4,10H,2,5-9,11,16H2,1H3. The molecule has 1 aliphatic rings. The van der Waals surface area contributed by atoms with Crippen LogP contribution in [0.25, 0.3) is 0 Å². The zero-order valence-corrected chi connectivity index (χ0v) is 13.8. The second-order valence-electron chi connectivity index (χ2n) is 5.20. The fourth-order valence-electron chi connectivity index (χ4n) is 2.53. The van der Waals surface area contributed by atoms with E-state index < -0.39 is 10.0 Å². The Kier molecular flexibility index (Phi) is 5.62. The first-order chi connectivity index (χ1) is 9.98. The third-order valence-corrected chi connectivity index (χ3v) is 6.01. The second-order valence-corrected chi connectivity index (χ2v) is 7.55. The average molecular weight is 332 g/mol. The Morgan fingerprint density at radius 3 is 2.48 bits per heavy atom. The Morgan fingerprint density at radius 2 is 1.90 bits per heavy atom. The smallest absolute Gasteiger partial charge is 0.243 e. The Labute approximate surface area is 131 Å². The van der Waals surface area contributed by atoms with Crippen LogP contribution in [0.4, 0.5) is 0 Å². The molecule has 21 heavy (non-hydrogen) atoms. The lowest BCUT2D eigenvalue weighted by molar-refractivity contribution is 0.188. The lowest BCUT2D eigenvalue weighted by Gasteiger charge is -2.33. The molecule has 0 amide bonds. The monoisotopic (exact) mass is 331 g/mol. The minimum absolute atomic E-state index is 0.229. The van der Waals surface area contributed by atoms with Crippen molar-refractivity contribution in [2.45, 2.75) is 24.8 Å². The molecule has 0 aromatic heterocycles. The van der Waals surface area contributed by atoms with E-state index >= 15 is 0 Å². The Bertz CT molecular complexity index is 584. The minimum Gasteiger partial charge on any atom is -0.326 e. The summed E-state index contributed by atoms with van der Waals surface area (Å²) in [5.41, 5.74) is 6.25. The molecule has 0 atom stereocenters. The van der Waals surface area contributed by atoms with Gasteiger partial charge in [-0.25, -0.2) is 8.42 Å². The highest BCUT2D eigenvalue weighted by Gasteiger charge is 2.28. The normalized spacial score (nSPS) is 18.0. The summed E-state index contributed by atoms with van der Waals surface area (Å²) in [4.78, 5) is 2.57. The molecule has 5 nitrogen and oxygen atoms in total. The van der Waals surface area contributed by atoms with Crippen LogP contribution in [0.3, 0.4) is 0 Å². The number of sulfonamides is 1. The van der Waals surface area contributed by atoms with Crippen molar-refractivity contribution in [1.82, 2.24) is 9.21 Å². The van der Waals surface area contributed by atoms with Gasteiger partial charge in [-0.15, -0.1) is 0 Å². The van der Waals surface area contributed by atoms with Gasteiger partial charge in [0.1, 0.15) is 0 Å². The van der Waals surface area contributed by atoms with Gasteiger partial charge in [-0.05, 0) is 36.7 Å². The quantitative estimate of drug-likeness (QED) is 0.888. The van der Waals surface area contributed by atoms with E-state index in [4.69, 9.17) is 17.3 Å². The van der Waals surface area contributed by atoms with Gasteiger partial charge >= 0.3 is 0 Å². The van der Waals surface area contributed by atoms with Crippen molar-refractivity contribution in [3.8, 4) is 0 Å². The second kappa shape index (κ2) is 7.07. The molecular formula is C14H22ClN3O2S. The molecule has 2 N–H and O–H groups in total. The Hall–Kier alpha value is -0.660. The summed E-state index contributed by atoms with van der Waals surface area (Å²) in [5, 5.41) is 0.504. The lowest BCUT2D eigenvalue weighted by atomic mass is 10.2. The van der Waals surface area contributed by atoms with Gasteiger partial charge in [-0.2, -0.15) is 4.31 Å². The fraction of sp³-hybridized carbons (Fsp3) is 0.571. The van der Waals surface area contributed by atoms with E-state index in [1.165, 1.54) is 0 Å². The molecule has 0 spiro atoms. The molecule has 0 saturated carbocycles. The van der Waals surface area contributed by atoms with Crippen molar-refractivity contribution in [2.75, 3.05) is 32.7 Å². The zero-order chi connectivity index (χ0) is 15.5. The topological polar surface area (TPSA) is 66.6 Å². The first-order valence-corrected chi connectivity index (χ1v) is 9.02. The number of nitrogens with two attached hydrogens (primary N) is 1. The molecule has 1 aromatic carbocycles. The molecule has 2 rings (SSSR count). The van der Waals surface area contributed by atoms with Crippen molar-refractivity contribution >= 4 is 21.6 Å². The molecule has 0 bridgehead atoms. The van der Waals surface area contributed by atoms with Crippen molar-refractivity contribution in [2.24, 2.45) is 5.73 Å². The van der Waals surface area contributed by atoms with Crippen LogP contribution in [0.2, 0.25) is 5.02 Å². The summed E-state index contributed by atoms with van der Waals surface area (Å²) in [6.45, 7) is 6.00. The van der Waals surface area contributed by atoms with Crippen molar-refractivity contribution in [3.63, 3.8) is 0 Å². The maximum absolute atomic E-state index is 12.7. The highest BCUT2D eigenvalue weighted by Crippen LogP contribution is 2.23. The van der Waals surface area contributed by atoms with Gasteiger partial charge in [0, 0.05) is 37.7 Å². The molecule has 1 aliphatic heterocycles. The summed E-state index contributed by atoms with van der Waals surface area (Å²) < 4.78 is 26.9. The first kappa shape index (κ1) is 16.7. The molecule has 1 saturated heterocycles. The molecule has 1 aromatic rings. The molecule has 1 heterocycles. The van der Waals surface area contributed by atoms with Gasteiger partial charge in [-0.1, -0.05) is 18.5 Å². The van der Waals surface area contributed by atoms with Crippen LogP contribution in [-0.2, 0) is 16.6 Å². The van der Waals surface area contributed by atoms with Crippen molar-refractivity contribution in [1.29, 1.82) is 0 Å². The van der Waals surface area contributed by atoms with Gasteiger partial charge in [0.05, 0.1) is 4.90 Å².